The molecule has 0 bridgehead atoms. The normalized spacial score (nSPS) is 15.1. The molecule has 22 heavy (non-hydrogen) atoms. The molecule has 0 aromatic heterocycles. The molecule has 2 rings (SSSR count). The van der Waals surface area contributed by atoms with Crippen molar-refractivity contribution in [3.63, 3.8) is 0 Å². The minimum atomic E-state index is -0.0279. The molecule has 0 aliphatic carbocycles. The van der Waals surface area contributed by atoms with E-state index >= 15 is 0 Å². The summed E-state index contributed by atoms with van der Waals surface area (Å²) in [5.41, 5.74) is 1.02. The summed E-state index contributed by atoms with van der Waals surface area (Å²) in [4.78, 5) is 27.7. The Balaban J connectivity index is 1.80. The van der Waals surface area contributed by atoms with Gasteiger partial charge in [0.1, 0.15) is 5.75 Å². The number of aryl methyl sites for hydroxylation is 1. The maximum Gasteiger partial charge on any atom is 0.260 e. The van der Waals surface area contributed by atoms with E-state index in [9.17, 15) is 9.59 Å². The Morgan fingerprint density at radius 2 is 1.68 bits per heavy atom. The van der Waals surface area contributed by atoms with Gasteiger partial charge in [0.2, 0.25) is 5.91 Å². The van der Waals surface area contributed by atoms with Crippen LogP contribution in [0.1, 0.15) is 19.4 Å². The van der Waals surface area contributed by atoms with Gasteiger partial charge in [0.25, 0.3) is 5.91 Å². The highest BCUT2D eigenvalue weighted by Crippen LogP contribution is 2.16. The second-order valence-corrected chi connectivity index (χ2v) is 5.91. The van der Waals surface area contributed by atoms with E-state index in [2.05, 4.69) is 0 Å². The number of nitrogens with zero attached hydrogens (tertiary/aromatic N) is 2. The van der Waals surface area contributed by atoms with Gasteiger partial charge in [-0.2, -0.15) is 0 Å². The molecule has 0 saturated carbocycles. The van der Waals surface area contributed by atoms with Crippen LogP contribution in [0.4, 0.5) is 0 Å². The summed E-state index contributed by atoms with van der Waals surface area (Å²) in [7, 11) is 0. The summed E-state index contributed by atoms with van der Waals surface area (Å²) in [6, 6.07) is 7.65. The molecule has 1 aliphatic heterocycles. The molecule has 0 unspecified atom stereocenters. The largest absolute Gasteiger partial charge is 0.484 e. The summed E-state index contributed by atoms with van der Waals surface area (Å²) >= 11 is 0. The first-order chi connectivity index (χ1) is 10.5. The van der Waals surface area contributed by atoms with Crippen LogP contribution in [0.25, 0.3) is 0 Å². The fraction of sp³-hybridized carbons (Fsp3) is 0.529. The Morgan fingerprint density at radius 3 is 2.27 bits per heavy atom. The summed E-state index contributed by atoms with van der Waals surface area (Å²) in [5.74, 6) is 0.874. The minimum Gasteiger partial charge on any atom is -0.484 e. The van der Waals surface area contributed by atoms with Crippen molar-refractivity contribution in [1.82, 2.24) is 9.80 Å². The van der Waals surface area contributed by atoms with E-state index in [4.69, 9.17) is 4.74 Å². The summed E-state index contributed by atoms with van der Waals surface area (Å²) < 4.78 is 5.59. The number of piperazine rings is 1. The monoisotopic (exact) mass is 304 g/mol. The van der Waals surface area contributed by atoms with Crippen LogP contribution in [-0.4, -0.2) is 54.4 Å². The summed E-state index contributed by atoms with van der Waals surface area (Å²) in [5, 5.41) is 0. The first-order valence-corrected chi connectivity index (χ1v) is 7.74. The first-order valence-electron chi connectivity index (χ1n) is 7.74. The van der Waals surface area contributed by atoms with Crippen molar-refractivity contribution in [2.24, 2.45) is 5.92 Å². The number of hydrogen-bond donors (Lipinski definition) is 0. The molecule has 5 nitrogen and oxygen atoms in total. The maximum absolute atomic E-state index is 12.2. The standard InChI is InChI=1S/C17H24N2O3/c1-13(2)17(21)19-10-8-18(9-11-19)16(20)12-22-15-7-5-4-6-14(15)3/h4-7,13H,8-12H2,1-3H3. The molecule has 120 valence electrons. The second-order valence-electron chi connectivity index (χ2n) is 5.91. The zero-order valence-electron chi connectivity index (χ0n) is 13.5. The maximum atomic E-state index is 12.2. The Morgan fingerprint density at radius 1 is 1.09 bits per heavy atom. The second kappa shape index (κ2) is 7.29. The highest BCUT2D eigenvalue weighted by Gasteiger charge is 2.25. The van der Waals surface area contributed by atoms with Crippen LogP contribution >= 0.6 is 0 Å². The van der Waals surface area contributed by atoms with Gasteiger partial charge in [-0.15, -0.1) is 0 Å². The van der Waals surface area contributed by atoms with E-state index in [0.717, 1.165) is 11.3 Å². The van der Waals surface area contributed by atoms with E-state index in [1.54, 1.807) is 4.90 Å². The van der Waals surface area contributed by atoms with E-state index < -0.39 is 0 Å². The number of rotatable bonds is 4. The van der Waals surface area contributed by atoms with Gasteiger partial charge in [-0.1, -0.05) is 32.0 Å². The van der Waals surface area contributed by atoms with Gasteiger partial charge in [-0.25, -0.2) is 0 Å². The van der Waals surface area contributed by atoms with E-state index in [0.29, 0.717) is 26.2 Å². The molecule has 0 atom stereocenters. The van der Waals surface area contributed by atoms with Crippen LogP contribution in [0.15, 0.2) is 24.3 Å². The van der Waals surface area contributed by atoms with Crippen molar-refractivity contribution in [2.75, 3.05) is 32.8 Å². The van der Waals surface area contributed by atoms with Crippen molar-refractivity contribution in [2.45, 2.75) is 20.8 Å². The first kappa shape index (κ1) is 16.3. The number of carbonyl (C=O) groups is 2. The van der Waals surface area contributed by atoms with Gasteiger partial charge >= 0.3 is 0 Å². The number of amides is 2. The fourth-order valence-electron chi connectivity index (χ4n) is 2.49. The van der Waals surface area contributed by atoms with Crippen molar-refractivity contribution in [1.29, 1.82) is 0 Å². The number of hydrogen-bond acceptors (Lipinski definition) is 3. The predicted molar refractivity (Wildman–Crippen MR) is 84.7 cm³/mol. The molecule has 0 spiro atoms. The summed E-state index contributed by atoms with van der Waals surface area (Å²) in [6.07, 6.45) is 0. The molecule has 0 radical (unpaired) electrons. The van der Waals surface area contributed by atoms with E-state index in [1.165, 1.54) is 0 Å². The lowest BCUT2D eigenvalue weighted by molar-refractivity contribution is -0.142. The molecule has 0 N–H and O–H groups in total. The van der Waals surface area contributed by atoms with Gasteiger partial charge < -0.3 is 14.5 Å². The van der Waals surface area contributed by atoms with Gasteiger partial charge in [-0.05, 0) is 18.6 Å². The van der Waals surface area contributed by atoms with Crippen molar-refractivity contribution >= 4 is 11.8 Å². The summed E-state index contributed by atoms with van der Waals surface area (Å²) in [6.45, 7) is 8.16. The van der Waals surface area contributed by atoms with Crippen LogP contribution in [0.5, 0.6) is 5.75 Å². The highest BCUT2D eigenvalue weighted by molar-refractivity contribution is 5.80. The average molecular weight is 304 g/mol. The minimum absolute atomic E-state index is 0.00615. The van der Waals surface area contributed by atoms with Gasteiger partial charge in [0, 0.05) is 32.1 Å². The predicted octanol–water partition coefficient (Wildman–Crippen LogP) is 1.70. The van der Waals surface area contributed by atoms with Crippen molar-refractivity contribution in [3.05, 3.63) is 29.8 Å². The van der Waals surface area contributed by atoms with Gasteiger partial charge in [0.15, 0.2) is 6.61 Å². The van der Waals surface area contributed by atoms with Crippen LogP contribution in [0.2, 0.25) is 0 Å². The van der Waals surface area contributed by atoms with Crippen molar-refractivity contribution in [3.8, 4) is 5.75 Å². The SMILES string of the molecule is Cc1ccccc1OCC(=O)N1CCN(C(=O)C(C)C)CC1. The quantitative estimate of drug-likeness (QED) is 0.851. The Hall–Kier alpha value is -2.04. The Kier molecular flexibility index (Phi) is 5.41. The average Bonchev–Trinajstić information content (AvgIpc) is 2.53. The topological polar surface area (TPSA) is 49.9 Å². The highest BCUT2D eigenvalue weighted by atomic mass is 16.5. The molecule has 1 aliphatic rings. The van der Waals surface area contributed by atoms with Gasteiger partial charge in [-0.3, -0.25) is 9.59 Å². The lowest BCUT2D eigenvalue weighted by Gasteiger charge is -2.35. The van der Waals surface area contributed by atoms with Gasteiger partial charge in [0.05, 0.1) is 0 Å². The molecule has 1 fully saturated rings. The third-order valence-corrected chi connectivity index (χ3v) is 3.88. The molecule has 1 heterocycles. The third-order valence-electron chi connectivity index (χ3n) is 3.88. The number of ether oxygens (including phenoxy) is 1. The Bertz CT molecular complexity index is 534. The molecule has 1 saturated heterocycles. The lowest BCUT2D eigenvalue weighted by atomic mass is 10.1. The number of benzene rings is 1. The molecular formula is C17H24N2O3. The van der Waals surface area contributed by atoms with Crippen molar-refractivity contribution < 1.29 is 14.3 Å². The smallest absolute Gasteiger partial charge is 0.260 e. The number of carbonyl (C=O) groups excluding carboxylic acids is 2. The van der Waals surface area contributed by atoms with Crippen LogP contribution in [-0.2, 0) is 9.59 Å². The van der Waals surface area contributed by atoms with E-state index in [-0.39, 0.29) is 24.3 Å². The molecule has 1 aromatic rings. The number of para-hydroxylation sites is 1. The molecule has 5 heteroatoms. The van der Waals surface area contributed by atoms with Crippen LogP contribution in [0, 0.1) is 12.8 Å². The zero-order valence-corrected chi connectivity index (χ0v) is 13.5. The van der Waals surface area contributed by atoms with E-state index in [1.807, 2.05) is 49.9 Å². The van der Waals surface area contributed by atoms with Crippen LogP contribution < -0.4 is 4.74 Å². The van der Waals surface area contributed by atoms with Crippen LogP contribution in [0.3, 0.4) is 0 Å². The molecule has 1 aromatic carbocycles. The third kappa shape index (κ3) is 4.00. The zero-order chi connectivity index (χ0) is 16.1. The lowest BCUT2D eigenvalue weighted by Crippen LogP contribution is -2.52. The Labute approximate surface area is 131 Å². The fourth-order valence-corrected chi connectivity index (χ4v) is 2.49. The molecular weight excluding hydrogens is 280 g/mol. The molecule has 2 amide bonds.